The largest absolute Gasteiger partial charge is 0.484 e. The van der Waals surface area contributed by atoms with Crippen molar-refractivity contribution in [2.24, 2.45) is 0 Å². The Labute approximate surface area is 130 Å². The van der Waals surface area contributed by atoms with E-state index in [0.717, 1.165) is 4.47 Å². The maximum absolute atomic E-state index is 11.9. The Morgan fingerprint density at radius 1 is 1.29 bits per heavy atom. The van der Waals surface area contributed by atoms with E-state index in [0.29, 0.717) is 18.8 Å². The van der Waals surface area contributed by atoms with Crippen molar-refractivity contribution in [1.82, 2.24) is 4.90 Å². The second-order valence-electron chi connectivity index (χ2n) is 5.12. The van der Waals surface area contributed by atoms with Crippen LogP contribution < -0.4 is 4.74 Å². The maximum atomic E-state index is 11.9. The fourth-order valence-corrected chi connectivity index (χ4v) is 2.30. The molecule has 7 heteroatoms. The number of benzene rings is 1. The molecule has 0 saturated carbocycles. The molecule has 0 spiro atoms. The summed E-state index contributed by atoms with van der Waals surface area (Å²) in [7, 11) is 0. The lowest BCUT2D eigenvalue weighted by atomic mass is 9.96. The minimum atomic E-state index is -1.01. The Morgan fingerprint density at radius 3 is 2.48 bits per heavy atom. The SMILES string of the molecule is CC1(OCC(=O)O)CN(C(=O)COc2ccc(Br)cc2)C1. The van der Waals surface area contributed by atoms with Crippen molar-refractivity contribution in [2.75, 3.05) is 26.3 Å². The van der Waals surface area contributed by atoms with Gasteiger partial charge in [0.2, 0.25) is 0 Å². The number of carboxylic acid groups (broad SMARTS) is 1. The number of carboxylic acids is 1. The van der Waals surface area contributed by atoms with Crippen molar-refractivity contribution in [3.05, 3.63) is 28.7 Å². The van der Waals surface area contributed by atoms with Crippen LogP contribution in [0.15, 0.2) is 28.7 Å². The van der Waals surface area contributed by atoms with Gasteiger partial charge < -0.3 is 19.5 Å². The minimum Gasteiger partial charge on any atom is -0.484 e. The van der Waals surface area contributed by atoms with Crippen molar-refractivity contribution < 1.29 is 24.2 Å². The molecule has 1 heterocycles. The molecule has 1 aromatic carbocycles. The molecule has 0 bridgehead atoms. The van der Waals surface area contributed by atoms with Crippen LogP contribution in [-0.2, 0) is 14.3 Å². The van der Waals surface area contributed by atoms with E-state index in [2.05, 4.69) is 15.9 Å². The average Bonchev–Trinajstić information content (AvgIpc) is 2.41. The summed E-state index contributed by atoms with van der Waals surface area (Å²) in [6.45, 7) is 2.14. The number of carbonyl (C=O) groups excluding carboxylic acids is 1. The lowest BCUT2D eigenvalue weighted by molar-refractivity contribution is -0.174. The van der Waals surface area contributed by atoms with E-state index in [9.17, 15) is 9.59 Å². The predicted octanol–water partition coefficient (Wildman–Crippen LogP) is 1.53. The van der Waals surface area contributed by atoms with Crippen LogP contribution in [-0.4, -0.2) is 53.8 Å². The standard InChI is InChI=1S/C14H16BrNO5/c1-14(21-7-13(18)19)8-16(9-14)12(17)6-20-11-4-2-10(15)3-5-11/h2-5H,6-9H2,1H3,(H,18,19). The Kier molecular flexibility index (Phi) is 4.84. The number of amides is 1. The molecule has 21 heavy (non-hydrogen) atoms. The first-order valence-corrected chi connectivity index (χ1v) is 7.19. The highest BCUT2D eigenvalue weighted by Crippen LogP contribution is 2.25. The molecule has 1 aliphatic rings. The normalized spacial score (nSPS) is 16.2. The topological polar surface area (TPSA) is 76.1 Å². The van der Waals surface area contributed by atoms with E-state index in [1.807, 2.05) is 12.1 Å². The lowest BCUT2D eigenvalue weighted by Gasteiger charge is -2.47. The molecular formula is C14H16BrNO5. The molecule has 2 rings (SSSR count). The van der Waals surface area contributed by atoms with Crippen LogP contribution in [0, 0.1) is 0 Å². The first-order chi connectivity index (χ1) is 9.88. The van der Waals surface area contributed by atoms with Crippen LogP contribution in [0.2, 0.25) is 0 Å². The predicted molar refractivity (Wildman–Crippen MR) is 78.2 cm³/mol. The highest BCUT2D eigenvalue weighted by molar-refractivity contribution is 9.10. The number of ether oxygens (including phenoxy) is 2. The van der Waals surface area contributed by atoms with E-state index < -0.39 is 11.6 Å². The molecule has 114 valence electrons. The molecule has 1 saturated heterocycles. The lowest BCUT2D eigenvalue weighted by Crippen LogP contribution is -2.64. The van der Waals surface area contributed by atoms with E-state index in [1.54, 1.807) is 24.0 Å². The minimum absolute atomic E-state index is 0.0450. The summed E-state index contributed by atoms with van der Waals surface area (Å²) < 4.78 is 11.6. The molecule has 1 amide bonds. The number of nitrogens with zero attached hydrogens (tertiary/aromatic N) is 1. The van der Waals surface area contributed by atoms with Crippen LogP contribution in [0.4, 0.5) is 0 Å². The summed E-state index contributed by atoms with van der Waals surface area (Å²) >= 11 is 3.32. The zero-order valence-corrected chi connectivity index (χ0v) is 13.1. The van der Waals surface area contributed by atoms with Gasteiger partial charge in [-0.15, -0.1) is 0 Å². The van der Waals surface area contributed by atoms with Crippen LogP contribution in [0.3, 0.4) is 0 Å². The summed E-state index contributed by atoms with van der Waals surface area (Å²) in [6.07, 6.45) is 0. The molecule has 1 fully saturated rings. The highest BCUT2D eigenvalue weighted by Gasteiger charge is 2.42. The number of rotatable bonds is 6. The van der Waals surface area contributed by atoms with Crippen LogP contribution >= 0.6 is 15.9 Å². The molecular weight excluding hydrogens is 342 g/mol. The molecule has 6 nitrogen and oxygen atoms in total. The first-order valence-electron chi connectivity index (χ1n) is 6.40. The van der Waals surface area contributed by atoms with Gasteiger partial charge in [0.15, 0.2) is 6.61 Å². The van der Waals surface area contributed by atoms with Gasteiger partial charge in [-0.1, -0.05) is 15.9 Å². The molecule has 0 radical (unpaired) electrons. The Morgan fingerprint density at radius 2 is 1.90 bits per heavy atom. The summed E-state index contributed by atoms with van der Waals surface area (Å²) in [5.74, 6) is -0.536. The van der Waals surface area contributed by atoms with Crippen molar-refractivity contribution in [3.8, 4) is 5.75 Å². The van der Waals surface area contributed by atoms with E-state index in [-0.39, 0.29) is 19.1 Å². The Hall–Kier alpha value is -1.60. The summed E-state index contributed by atoms with van der Waals surface area (Å²) in [6, 6.07) is 7.21. The van der Waals surface area contributed by atoms with Gasteiger partial charge in [-0.2, -0.15) is 0 Å². The molecule has 0 aliphatic carbocycles. The summed E-state index contributed by atoms with van der Waals surface area (Å²) in [5.41, 5.74) is -0.578. The quantitative estimate of drug-likeness (QED) is 0.835. The van der Waals surface area contributed by atoms with Crippen molar-refractivity contribution in [3.63, 3.8) is 0 Å². The third kappa shape index (κ3) is 4.44. The number of hydrogen-bond acceptors (Lipinski definition) is 4. The fraction of sp³-hybridized carbons (Fsp3) is 0.429. The smallest absolute Gasteiger partial charge is 0.329 e. The van der Waals surface area contributed by atoms with Gasteiger partial charge in [-0.25, -0.2) is 4.79 Å². The molecule has 1 aromatic rings. The highest BCUT2D eigenvalue weighted by atomic mass is 79.9. The van der Waals surface area contributed by atoms with Gasteiger partial charge in [0.1, 0.15) is 18.0 Å². The number of carbonyl (C=O) groups is 2. The van der Waals surface area contributed by atoms with Gasteiger partial charge in [0, 0.05) is 4.47 Å². The summed E-state index contributed by atoms with van der Waals surface area (Å²) in [4.78, 5) is 24.0. The Bertz CT molecular complexity index is 525. The number of halogens is 1. The van der Waals surface area contributed by atoms with Gasteiger partial charge >= 0.3 is 5.97 Å². The van der Waals surface area contributed by atoms with Crippen LogP contribution in [0.1, 0.15) is 6.92 Å². The van der Waals surface area contributed by atoms with Gasteiger partial charge in [-0.3, -0.25) is 4.79 Å². The van der Waals surface area contributed by atoms with E-state index >= 15 is 0 Å². The zero-order chi connectivity index (χ0) is 15.5. The summed E-state index contributed by atoms with van der Waals surface area (Å²) in [5, 5.41) is 8.57. The van der Waals surface area contributed by atoms with Gasteiger partial charge in [-0.05, 0) is 31.2 Å². The third-order valence-corrected chi connectivity index (χ3v) is 3.65. The zero-order valence-electron chi connectivity index (χ0n) is 11.5. The molecule has 0 unspecified atom stereocenters. The van der Waals surface area contributed by atoms with E-state index in [4.69, 9.17) is 14.6 Å². The van der Waals surface area contributed by atoms with Gasteiger partial charge in [0.25, 0.3) is 5.91 Å². The average molecular weight is 358 g/mol. The number of hydrogen-bond donors (Lipinski definition) is 1. The van der Waals surface area contributed by atoms with E-state index in [1.165, 1.54) is 0 Å². The van der Waals surface area contributed by atoms with Crippen LogP contribution in [0.5, 0.6) is 5.75 Å². The fourth-order valence-electron chi connectivity index (χ4n) is 2.03. The maximum Gasteiger partial charge on any atom is 0.329 e. The van der Waals surface area contributed by atoms with Crippen molar-refractivity contribution in [1.29, 1.82) is 0 Å². The second kappa shape index (κ2) is 6.44. The monoisotopic (exact) mass is 357 g/mol. The molecule has 0 aromatic heterocycles. The number of likely N-dealkylation sites (tertiary alicyclic amines) is 1. The molecule has 1 N–H and O–H groups in total. The molecule has 1 aliphatic heterocycles. The van der Waals surface area contributed by atoms with Crippen molar-refractivity contribution in [2.45, 2.75) is 12.5 Å². The first kappa shape index (κ1) is 15.8. The third-order valence-electron chi connectivity index (χ3n) is 3.12. The second-order valence-corrected chi connectivity index (χ2v) is 6.04. The van der Waals surface area contributed by atoms with Gasteiger partial charge in [0.05, 0.1) is 13.1 Å². The van der Waals surface area contributed by atoms with Crippen LogP contribution in [0.25, 0.3) is 0 Å². The Balaban J connectivity index is 1.73. The number of aliphatic carboxylic acids is 1. The molecule has 0 atom stereocenters. The van der Waals surface area contributed by atoms with Crippen molar-refractivity contribution >= 4 is 27.8 Å².